The highest BCUT2D eigenvalue weighted by Crippen LogP contribution is 2.20. The van der Waals surface area contributed by atoms with Crippen molar-refractivity contribution in [2.45, 2.75) is 19.1 Å². The number of aromatic nitrogens is 2. The van der Waals surface area contributed by atoms with Gasteiger partial charge in [0.1, 0.15) is 18.0 Å². The van der Waals surface area contributed by atoms with Gasteiger partial charge in [-0.3, -0.25) is 0 Å². The maximum atomic E-state index is 9.13. The molecule has 2 rings (SSSR count). The van der Waals surface area contributed by atoms with Gasteiger partial charge in [-0.15, -0.1) is 0 Å². The normalized spacial score (nSPS) is 24.8. The summed E-state index contributed by atoms with van der Waals surface area (Å²) in [6.07, 6.45) is 1.29. The Hall–Kier alpha value is -1.44. The standard InChI is InChI=1S/C10H17N5O2/c1-7-5-17-8(4-16)3-15(7)10-2-9(14-11)12-6-13-10/h2,6-8,16H,3-5,11H2,1H3,(H,12,13,14). The fraction of sp³-hybridized carbons (Fsp3) is 0.600. The molecule has 2 heterocycles. The van der Waals surface area contributed by atoms with Crippen molar-refractivity contribution in [3.05, 3.63) is 12.4 Å². The van der Waals surface area contributed by atoms with Crippen LogP contribution in [0.4, 0.5) is 11.6 Å². The number of nitrogen functional groups attached to an aromatic ring is 1. The van der Waals surface area contributed by atoms with Crippen LogP contribution in [0.15, 0.2) is 12.4 Å². The summed E-state index contributed by atoms with van der Waals surface area (Å²) in [5.41, 5.74) is 2.49. The van der Waals surface area contributed by atoms with Gasteiger partial charge in [-0.2, -0.15) is 0 Å². The van der Waals surface area contributed by atoms with E-state index in [1.807, 2.05) is 6.92 Å². The van der Waals surface area contributed by atoms with E-state index in [2.05, 4.69) is 20.3 Å². The summed E-state index contributed by atoms with van der Waals surface area (Å²) in [4.78, 5) is 10.3. The molecule has 0 aliphatic carbocycles. The molecule has 1 aliphatic rings. The van der Waals surface area contributed by atoms with E-state index in [1.54, 1.807) is 6.07 Å². The fourth-order valence-corrected chi connectivity index (χ4v) is 1.83. The van der Waals surface area contributed by atoms with Gasteiger partial charge in [0.15, 0.2) is 0 Å². The highest BCUT2D eigenvalue weighted by atomic mass is 16.5. The number of morpholine rings is 1. The minimum absolute atomic E-state index is 0.0102. The highest BCUT2D eigenvalue weighted by Gasteiger charge is 2.26. The van der Waals surface area contributed by atoms with Gasteiger partial charge < -0.3 is 20.2 Å². The second-order valence-corrected chi connectivity index (χ2v) is 4.05. The molecule has 94 valence electrons. The summed E-state index contributed by atoms with van der Waals surface area (Å²) in [5.74, 6) is 6.66. The number of aliphatic hydroxyl groups is 1. The van der Waals surface area contributed by atoms with Crippen LogP contribution in [-0.2, 0) is 4.74 Å². The summed E-state index contributed by atoms with van der Waals surface area (Å²) in [7, 11) is 0. The van der Waals surface area contributed by atoms with Gasteiger partial charge in [0.2, 0.25) is 0 Å². The summed E-state index contributed by atoms with van der Waals surface area (Å²) < 4.78 is 5.47. The summed E-state index contributed by atoms with van der Waals surface area (Å²) >= 11 is 0. The zero-order valence-electron chi connectivity index (χ0n) is 9.71. The van der Waals surface area contributed by atoms with Crippen LogP contribution in [0.2, 0.25) is 0 Å². The van der Waals surface area contributed by atoms with Crippen LogP contribution in [0.1, 0.15) is 6.92 Å². The molecule has 4 N–H and O–H groups in total. The monoisotopic (exact) mass is 239 g/mol. The van der Waals surface area contributed by atoms with Crippen LogP contribution < -0.4 is 16.2 Å². The lowest BCUT2D eigenvalue weighted by molar-refractivity contribution is -0.0105. The molecule has 0 bridgehead atoms. The Balaban J connectivity index is 2.18. The Morgan fingerprint density at radius 1 is 1.65 bits per heavy atom. The molecule has 7 nitrogen and oxygen atoms in total. The molecule has 1 aromatic rings. The first-order valence-corrected chi connectivity index (χ1v) is 5.52. The van der Waals surface area contributed by atoms with Crippen molar-refractivity contribution in [1.29, 1.82) is 0 Å². The molecule has 2 atom stereocenters. The number of nitrogens with two attached hydrogens (primary N) is 1. The van der Waals surface area contributed by atoms with Crippen LogP contribution >= 0.6 is 0 Å². The van der Waals surface area contributed by atoms with Crippen molar-refractivity contribution >= 4 is 11.6 Å². The number of rotatable bonds is 3. The lowest BCUT2D eigenvalue weighted by atomic mass is 10.2. The molecule has 0 amide bonds. The lowest BCUT2D eigenvalue weighted by Crippen LogP contribution is -2.50. The van der Waals surface area contributed by atoms with E-state index in [0.29, 0.717) is 19.0 Å². The molecule has 1 saturated heterocycles. The molecule has 1 aliphatic heterocycles. The van der Waals surface area contributed by atoms with Crippen LogP contribution in [-0.4, -0.2) is 47.0 Å². The number of hydrazine groups is 1. The average Bonchev–Trinajstić information content (AvgIpc) is 2.39. The lowest BCUT2D eigenvalue weighted by Gasteiger charge is -2.38. The number of hydrogen-bond acceptors (Lipinski definition) is 7. The Morgan fingerprint density at radius 3 is 3.18 bits per heavy atom. The van der Waals surface area contributed by atoms with Crippen LogP contribution in [0, 0.1) is 0 Å². The van der Waals surface area contributed by atoms with E-state index in [9.17, 15) is 0 Å². The molecule has 0 spiro atoms. The van der Waals surface area contributed by atoms with Gasteiger partial charge >= 0.3 is 0 Å². The van der Waals surface area contributed by atoms with Crippen LogP contribution in [0.25, 0.3) is 0 Å². The molecule has 1 fully saturated rings. The van der Waals surface area contributed by atoms with E-state index >= 15 is 0 Å². The fourth-order valence-electron chi connectivity index (χ4n) is 1.83. The van der Waals surface area contributed by atoms with E-state index in [-0.39, 0.29) is 18.8 Å². The maximum absolute atomic E-state index is 9.13. The molecule has 1 aromatic heterocycles. The van der Waals surface area contributed by atoms with Gasteiger partial charge in [0.05, 0.1) is 25.4 Å². The zero-order valence-corrected chi connectivity index (χ0v) is 9.71. The number of anilines is 2. The molecule has 2 unspecified atom stereocenters. The molecule has 0 aromatic carbocycles. The third kappa shape index (κ3) is 2.63. The van der Waals surface area contributed by atoms with Gasteiger partial charge in [0, 0.05) is 12.6 Å². The predicted octanol–water partition coefficient (Wildman–Crippen LogP) is -0.652. The summed E-state index contributed by atoms with van der Waals surface area (Å²) in [6, 6.07) is 1.98. The number of aliphatic hydroxyl groups excluding tert-OH is 1. The highest BCUT2D eigenvalue weighted by molar-refractivity contribution is 5.48. The van der Waals surface area contributed by atoms with E-state index in [4.69, 9.17) is 15.7 Å². The van der Waals surface area contributed by atoms with Crippen LogP contribution in [0.3, 0.4) is 0 Å². The Bertz CT molecular complexity index is 375. The van der Waals surface area contributed by atoms with E-state index in [1.165, 1.54) is 6.33 Å². The Morgan fingerprint density at radius 2 is 2.47 bits per heavy atom. The van der Waals surface area contributed by atoms with Crippen molar-refractivity contribution in [2.75, 3.05) is 30.1 Å². The Labute approximate surface area is 99.6 Å². The van der Waals surface area contributed by atoms with Gasteiger partial charge in [-0.25, -0.2) is 15.8 Å². The topological polar surface area (TPSA) is 96.5 Å². The second kappa shape index (κ2) is 5.26. The van der Waals surface area contributed by atoms with E-state index in [0.717, 1.165) is 5.82 Å². The molecule has 0 radical (unpaired) electrons. The molecular formula is C10H17N5O2. The third-order valence-corrected chi connectivity index (χ3v) is 2.80. The minimum atomic E-state index is -0.171. The molecular weight excluding hydrogens is 222 g/mol. The predicted molar refractivity (Wildman–Crippen MR) is 63.5 cm³/mol. The van der Waals surface area contributed by atoms with Crippen LogP contribution in [0.5, 0.6) is 0 Å². The molecule has 17 heavy (non-hydrogen) atoms. The molecule has 0 saturated carbocycles. The summed E-state index contributed by atoms with van der Waals surface area (Å²) in [6.45, 7) is 3.24. The average molecular weight is 239 g/mol. The number of ether oxygens (including phenoxy) is 1. The van der Waals surface area contributed by atoms with Crippen molar-refractivity contribution in [3.63, 3.8) is 0 Å². The van der Waals surface area contributed by atoms with Crippen molar-refractivity contribution in [1.82, 2.24) is 9.97 Å². The summed E-state index contributed by atoms with van der Waals surface area (Å²) in [5, 5.41) is 9.13. The third-order valence-electron chi connectivity index (χ3n) is 2.80. The number of hydrogen-bond donors (Lipinski definition) is 3. The Kier molecular flexibility index (Phi) is 3.72. The minimum Gasteiger partial charge on any atom is -0.394 e. The van der Waals surface area contributed by atoms with Crippen molar-refractivity contribution < 1.29 is 9.84 Å². The van der Waals surface area contributed by atoms with Crippen molar-refractivity contribution in [3.8, 4) is 0 Å². The maximum Gasteiger partial charge on any atom is 0.145 e. The SMILES string of the molecule is CC1COC(CO)CN1c1cc(NN)ncn1. The molecule has 7 heteroatoms. The van der Waals surface area contributed by atoms with Gasteiger partial charge in [0.25, 0.3) is 0 Å². The van der Waals surface area contributed by atoms with Gasteiger partial charge in [-0.05, 0) is 6.92 Å². The first kappa shape index (κ1) is 12.0. The number of nitrogens with one attached hydrogen (secondary N) is 1. The number of nitrogens with zero attached hydrogens (tertiary/aromatic N) is 3. The smallest absolute Gasteiger partial charge is 0.145 e. The quantitative estimate of drug-likeness (QED) is 0.476. The second-order valence-electron chi connectivity index (χ2n) is 4.05. The zero-order chi connectivity index (χ0) is 12.3. The first-order chi connectivity index (χ1) is 8.24. The van der Waals surface area contributed by atoms with Crippen molar-refractivity contribution in [2.24, 2.45) is 5.84 Å². The van der Waals surface area contributed by atoms with E-state index < -0.39 is 0 Å². The first-order valence-electron chi connectivity index (χ1n) is 5.52. The van der Waals surface area contributed by atoms with Gasteiger partial charge in [-0.1, -0.05) is 0 Å². The largest absolute Gasteiger partial charge is 0.394 e.